The molecule has 0 spiro atoms. The molecule has 2 bridgehead atoms. The Kier molecular flexibility index (Phi) is 5.24. The summed E-state index contributed by atoms with van der Waals surface area (Å²) in [6.07, 6.45) is 6.54. The first-order valence-electron chi connectivity index (χ1n) is 11.2. The van der Waals surface area contributed by atoms with Gasteiger partial charge in [0.15, 0.2) is 5.65 Å². The van der Waals surface area contributed by atoms with Gasteiger partial charge in [0.2, 0.25) is 0 Å². The molecule has 3 aliphatic rings. The van der Waals surface area contributed by atoms with Crippen LogP contribution in [0.15, 0.2) is 18.5 Å². The van der Waals surface area contributed by atoms with Gasteiger partial charge >= 0.3 is 6.09 Å². The standard InChI is InChI=1S/C23H36N4O3Si/c1-21(2,3)30-20(28)26(4)23-13-22(14-23,15-23)18-10-17-11-25-27(19(17)24-12-18)16-29-8-9-31(5,6)7/h10-12H,8-9,13-16H2,1-7H3. The van der Waals surface area contributed by atoms with Crippen LogP contribution in [-0.4, -0.2) is 58.6 Å². The van der Waals surface area contributed by atoms with Crippen molar-refractivity contribution in [3.63, 3.8) is 0 Å². The van der Waals surface area contributed by atoms with Crippen LogP contribution in [0.2, 0.25) is 25.7 Å². The van der Waals surface area contributed by atoms with E-state index in [-0.39, 0.29) is 17.0 Å². The zero-order chi connectivity index (χ0) is 22.7. The number of nitrogens with zero attached hydrogens (tertiary/aromatic N) is 4. The lowest BCUT2D eigenvalue weighted by Gasteiger charge is -2.73. The Morgan fingerprint density at radius 2 is 1.90 bits per heavy atom. The van der Waals surface area contributed by atoms with Crippen LogP contribution in [0.25, 0.3) is 11.0 Å². The van der Waals surface area contributed by atoms with Gasteiger partial charge in [0, 0.05) is 44.3 Å². The Hall–Kier alpha value is -1.93. The van der Waals surface area contributed by atoms with Crippen LogP contribution < -0.4 is 0 Å². The molecule has 3 fully saturated rings. The Labute approximate surface area is 186 Å². The number of hydrogen-bond acceptors (Lipinski definition) is 5. The number of ether oxygens (including phenoxy) is 2. The second-order valence-electron chi connectivity index (χ2n) is 11.7. The van der Waals surface area contributed by atoms with Gasteiger partial charge in [0.25, 0.3) is 0 Å². The average Bonchev–Trinajstić information content (AvgIpc) is 2.96. The molecule has 0 radical (unpaired) electrons. The normalized spacial score (nSPS) is 25.1. The van der Waals surface area contributed by atoms with E-state index in [1.807, 2.05) is 49.8 Å². The third-order valence-corrected chi connectivity index (χ3v) is 8.38. The number of aromatic nitrogens is 3. The maximum absolute atomic E-state index is 12.5. The fourth-order valence-corrected chi connectivity index (χ4v) is 5.56. The summed E-state index contributed by atoms with van der Waals surface area (Å²) in [5.74, 6) is 0. The monoisotopic (exact) mass is 444 g/mol. The summed E-state index contributed by atoms with van der Waals surface area (Å²) in [7, 11) is 0.775. The van der Waals surface area contributed by atoms with Crippen LogP contribution >= 0.6 is 0 Å². The summed E-state index contributed by atoms with van der Waals surface area (Å²) in [4.78, 5) is 19.0. The van der Waals surface area contributed by atoms with E-state index in [1.54, 1.807) is 0 Å². The molecule has 0 saturated heterocycles. The Bertz CT molecular complexity index is 969. The maximum Gasteiger partial charge on any atom is 0.410 e. The van der Waals surface area contributed by atoms with Crippen LogP contribution in [0, 0.1) is 0 Å². The molecular weight excluding hydrogens is 408 g/mol. The van der Waals surface area contributed by atoms with E-state index in [9.17, 15) is 4.79 Å². The van der Waals surface area contributed by atoms with Crippen molar-refractivity contribution in [3.05, 3.63) is 24.0 Å². The Morgan fingerprint density at radius 3 is 2.52 bits per heavy atom. The van der Waals surface area contributed by atoms with E-state index in [2.05, 4.69) is 30.8 Å². The molecule has 2 aromatic heterocycles. The van der Waals surface area contributed by atoms with Gasteiger partial charge in [-0.2, -0.15) is 5.10 Å². The van der Waals surface area contributed by atoms with Crippen molar-refractivity contribution in [2.75, 3.05) is 13.7 Å². The van der Waals surface area contributed by atoms with Gasteiger partial charge in [0.05, 0.1) is 6.20 Å². The van der Waals surface area contributed by atoms with Crippen molar-refractivity contribution in [1.29, 1.82) is 0 Å². The molecule has 31 heavy (non-hydrogen) atoms. The highest BCUT2D eigenvalue weighted by Crippen LogP contribution is 2.70. The lowest BCUT2D eigenvalue weighted by atomic mass is 9.37. The minimum Gasteiger partial charge on any atom is -0.444 e. The minimum atomic E-state index is -1.09. The van der Waals surface area contributed by atoms with Crippen LogP contribution in [0.5, 0.6) is 0 Å². The zero-order valence-electron chi connectivity index (χ0n) is 20.0. The van der Waals surface area contributed by atoms with Gasteiger partial charge in [-0.15, -0.1) is 0 Å². The summed E-state index contributed by atoms with van der Waals surface area (Å²) >= 11 is 0. The number of carbonyl (C=O) groups is 1. The summed E-state index contributed by atoms with van der Waals surface area (Å²) in [6.45, 7) is 14.0. The fraction of sp³-hybridized carbons (Fsp3) is 0.696. The smallest absolute Gasteiger partial charge is 0.410 e. The van der Waals surface area contributed by atoms with Gasteiger partial charge < -0.3 is 14.4 Å². The van der Waals surface area contributed by atoms with E-state index in [0.29, 0.717) is 6.73 Å². The van der Waals surface area contributed by atoms with E-state index >= 15 is 0 Å². The van der Waals surface area contributed by atoms with E-state index in [1.165, 1.54) is 5.56 Å². The van der Waals surface area contributed by atoms with Gasteiger partial charge in [-0.05, 0) is 57.7 Å². The molecule has 1 amide bonds. The lowest BCUT2D eigenvalue weighted by molar-refractivity contribution is -0.154. The quantitative estimate of drug-likeness (QED) is 0.454. The third-order valence-electron chi connectivity index (χ3n) is 6.68. The van der Waals surface area contributed by atoms with Crippen molar-refractivity contribution in [1.82, 2.24) is 19.7 Å². The topological polar surface area (TPSA) is 69.5 Å². The minimum absolute atomic E-state index is 0.0638. The van der Waals surface area contributed by atoms with E-state index < -0.39 is 13.7 Å². The SMILES string of the molecule is CN(C(=O)OC(C)(C)C)C12CC(c3cnc4c(cnn4COCC[Si](C)(C)C)c3)(C1)C2. The number of carbonyl (C=O) groups excluding carboxylic acids is 1. The van der Waals surface area contributed by atoms with Crippen LogP contribution in [-0.2, 0) is 21.6 Å². The first kappa shape index (κ1) is 22.3. The lowest BCUT2D eigenvalue weighted by Crippen LogP contribution is -2.76. The summed E-state index contributed by atoms with van der Waals surface area (Å²) < 4.78 is 13.2. The third kappa shape index (κ3) is 4.24. The van der Waals surface area contributed by atoms with Crippen molar-refractivity contribution in [3.8, 4) is 0 Å². The predicted octanol–water partition coefficient (Wildman–Crippen LogP) is 4.78. The van der Waals surface area contributed by atoms with Crippen LogP contribution in [0.4, 0.5) is 4.79 Å². The number of amides is 1. The van der Waals surface area contributed by atoms with Crippen molar-refractivity contribution < 1.29 is 14.3 Å². The van der Waals surface area contributed by atoms with Gasteiger partial charge in [-0.25, -0.2) is 14.5 Å². The van der Waals surface area contributed by atoms with E-state index in [4.69, 9.17) is 14.5 Å². The summed E-state index contributed by atoms with van der Waals surface area (Å²) in [5.41, 5.74) is 1.71. The van der Waals surface area contributed by atoms with Crippen LogP contribution in [0.3, 0.4) is 0 Å². The first-order chi connectivity index (χ1) is 14.3. The number of hydrogen-bond donors (Lipinski definition) is 0. The highest BCUT2D eigenvalue weighted by Gasteiger charge is 2.71. The fourth-order valence-electron chi connectivity index (χ4n) is 4.81. The highest BCUT2D eigenvalue weighted by molar-refractivity contribution is 6.76. The number of rotatable bonds is 7. The van der Waals surface area contributed by atoms with Crippen molar-refractivity contribution in [2.24, 2.45) is 0 Å². The molecule has 2 aromatic rings. The maximum atomic E-state index is 12.5. The van der Waals surface area contributed by atoms with Gasteiger partial charge in [0.1, 0.15) is 12.3 Å². The molecule has 5 rings (SSSR count). The summed E-state index contributed by atoms with van der Waals surface area (Å²) in [5, 5.41) is 5.53. The molecule has 0 unspecified atom stereocenters. The number of pyridine rings is 1. The molecule has 3 saturated carbocycles. The molecule has 0 aliphatic heterocycles. The number of fused-ring (bicyclic) bond motifs is 1. The van der Waals surface area contributed by atoms with Crippen molar-refractivity contribution >= 4 is 25.2 Å². The largest absolute Gasteiger partial charge is 0.444 e. The zero-order valence-corrected chi connectivity index (χ0v) is 21.0. The van der Waals surface area contributed by atoms with Gasteiger partial charge in [-0.1, -0.05) is 19.6 Å². The predicted molar refractivity (Wildman–Crippen MR) is 124 cm³/mol. The molecule has 2 heterocycles. The van der Waals surface area contributed by atoms with Crippen molar-refractivity contribution in [2.45, 2.75) is 89.0 Å². The molecule has 3 aliphatic carbocycles. The molecule has 7 nitrogen and oxygen atoms in total. The molecule has 0 atom stereocenters. The second kappa shape index (κ2) is 7.30. The summed E-state index contributed by atoms with van der Waals surface area (Å²) in [6, 6.07) is 3.36. The van der Waals surface area contributed by atoms with Crippen LogP contribution in [0.1, 0.15) is 45.6 Å². The molecule has 8 heteroatoms. The Balaban J connectivity index is 1.38. The molecular formula is C23H36N4O3Si. The van der Waals surface area contributed by atoms with Gasteiger partial charge in [-0.3, -0.25) is 0 Å². The molecule has 170 valence electrons. The highest BCUT2D eigenvalue weighted by atomic mass is 28.3. The molecule has 0 aromatic carbocycles. The Morgan fingerprint density at radius 1 is 1.23 bits per heavy atom. The second-order valence-corrected chi connectivity index (χ2v) is 17.3. The molecule has 0 N–H and O–H groups in total. The first-order valence-corrected chi connectivity index (χ1v) is 14.9. The average molecular weight is 445 g/mol. The van der Waals surface area contributed by atoms with E-state index in [0.717, 1.165) is 42.9 Å².